The van der Waals surface area contributed by atoms with E-state index in [0.717, 1.165) is 41.6 Å². The van der Waals surface area contributed by atoms with Crippen LogP contribution in [0.5, 0.6) is 0 Å². The lowest BCUT2D eigenvalue weighted by molar-refractivity contribution is -0.671. The average molecular weight is 352 g/mol. The molecule has 0 saturated heterocycles. The number of fused-ring (bicyclic) bond motifs is 1. The summed E-state index contributed by atoms with van der Waals surface area (Å²) in [4.78, 5) is 3.33. The summed E-state index contributed by atoms with van der Waals surface area (Å²) in [5, 5.41) is 4.34. The first kappa shape index (κ1) is 16.0. The summed E-state index contributed by atoms with van der Waals surface area (Å²) in [6.45, 7) is 1.87. The summed E-state index contributed by atoms with van der Waals surface area (Å²) < 4.78 is 5.94. The first-order chi connectivity index (χ1) is 12.3. The Morgan fingerprint density at radius 3 is 2.68 bits per heavy atom. The van der Waals surface area contributed by atoms with Gasteiger partial charge in [0.2, 0.25) is 0 Å². The maximum Gasteiger partial charge on any atom is 0.158 e. The van der Waals surface area contributed by atoms with Crippen molar-refractivity contribution < 1.29 is 9.73 Å². The third-order valence-electron chi connectivity index (χ3n) is 4.43. The van der Waals surface area contributed by atoms with E-state index in [9.17, 15) is 0 Å². The maximum atomic E-state index is 5.94. The Balaban J connectivity index is 1.32. The number of halogens is 1. The van der Waals surface area contributed by atoms with Crippen molar-refractivity contribution in [3.63, 3.8) is 0 Å². The van der Waals surface area contributed by atoms with Crippen molar-refractivity contribution in [2.45, 2.75) is 13.0 Å². The molecule has 0 radical (unpaired) electrons. The number of hydrogen-bond acceptors (Lipinski definition) is 1. The van der Waals surface area contributed by atoms with Gasteiger partial charge < -0.3 is 14.7 Å². The third-order valence-corrected chi connectivity index (χ3v) is 4.68. The van der Waals surface area contributed by atoms with Gasteiger partial charge in [0.15, 0.2) is 5.76 Å². The molecule has 2 aromatic carbocycles. The topological polar surface area (TPSA) is 45.5 Å². The molecule has 3 N–H and O–H groups in total. The number of benzene rings is 2. The molecule has 0 aliphatic carbocycles. The first-order valence-corrected chi connectivity index (χ1v) is 8.89. The Kier molecular flexibility index (Phi) is 4.59. The summed E-state index contributed by atoms with van der Waals surface area (Å²) in [5.74, 6) is 1.88. The molecule has 4 rings (SSSR count). The molecule has 0 aliphatic heterocycles. The number of aromatic amines is 1. The molecule has 0 spiro atoms. The Labute approximate surface area is 151 Å². The van der Waals surface area contributed by atoms with E-state index in [4.69, 9.17) is 16.0 Å². The highest BCUT2D eigenvalue weighted by Gasteiger charge is 2.07. The maximum absolute atomic E-state index is 5.94. The van der Waals surface area contributed by atoms with Gasteiger partial charge in [-0.1, -0.05) is 29.8 Å². The van der Waals surface area contributed by atoms with Crippen molar-refractivity contribution in [1.29, 1.82) is 0 Å². The Bertz CT molecular complexity index is 969. The third kappa shape index (κ3) is 3.63. The van der Waals surface area contributed by atoms with Gasteiger partial charge in [0.25, 0.3) is 0 Å². The smallest absolute Gasteiger partial charge is 0.158 e. The second-order valence-electron chi connectivity index (χ2n) is 6.16. The van der Waals surface area contributed by atoms with Crippen molar-refractivity contribution in [1.82, 2.24) is 4.98 Å². The predicted molar refractivity (Wildman–Crippen MR) is 102 cm³/mol. The van der Waals surface area contributed by atoms with E-state index < -0.39 is 0 Å². The van der Waals surface area contributed by atoms with Gasteiger partial charge in [-0.3, -0.25) is 0 Å². The highest BCUT2D eigenvalue weighted by atomic mass is 35.5. The first-order valence-electron chi connectivity index (χ1n) is 8.51. The van der Waals surface area contributed by atoms with Crippen molar-refractivity contribution >= 4 is 22.5 Å². The van der Waals surface area contributed by atoms with Gasteiger partial charge in [0.05, 0.1) is 6.54 Å². The van der Waals surface area contributed by atoms with Crippen LogP contribution >= 0.6 is 11.6 Å². The Morgan fingerprint density at radius 2 is 1.80 bits per heavy atom. The molecule has 0 bridgehead atoms. The fraction of sp³-hybridized carbons (Fsp3) is 0.143. The minimum absolute atomic E-state index is 0.737. The van der Waals surface area contributed by atoms with Gasteiger partial charge >= 0.3 is 0 Å². The Morgan fingerprint density at radius 1 is 0.960 bits per heavy atom. The summed E-state index contributed by atoms with van der Waals surface area (Å²) in [7, 11) is 0. The zero-order chi connectivity index (χ0) is 17.1. The molecule has 0 unspecified atom stereocenters. The van der Waals surface area contributed by atoms with Gasteiger partial charge in [-0.2, -0.15) is 0 Å². The highest BCUT2D eigenvalue weighted by Crippen LogP contribution is 2.23. The number of nitrogens with one attached hydrogen (secondary N) is 1. The second kappa shape index (κ2) is 7.18. The summed E-state index contributed by atoms with van der Waals surface area (Å²) in [5.41, 5.74) is 3.62. The molecule has 4 aromatic rings. The van der Waals surface area contributed by atoms with Gasteiger partial charge in [0.1, 0.15) is 12.3 Å². The van der Waals surface area contributed by atoms with Gasteiger partial charge in [0, 0.05) is 34.1 Å². The largest absolute Gasteiger partial charge is 0.455 e. The molecule has 126 valence electrons. The van der Waals surface area contributed by atoms with Crippen molar-refractivity contribution in [3.8, 4) is 11.3 Å². The van der Waals surface area contributed by atoms with Crippen molar-refractivity contribution in [2.75, 3.05) is 6.54 Å². The van der Waals surface area contributed by atoms with E-state index in [1.807, 2.05) is 36.4 Å². The standard InChI is InChI=1S/C21H19ClN2O/c22-17-7-5-15(6-8-17)21-10-9-18(25-21)14-23-12-11-16-13-24-20-4-2-1-3-19(16)20/h1-10,13,23-24H,11-12,14H2/p+1. The van der Waals surface area contributed by atoms with Crippen LogP contribution in [0, 0.1) is 0 Å². The molecule has 4 heteroatoms. The van der Waals surface area contributed by atoms with E-state index in [1.54, 1.807) is 0 Å². The van der Waals surface area contributed by atoms with Crippen LogP contribution in [0.15, 0.2) is 71.3 Å². The SMILES string of the molecule is Clc1ccc(-c2ccc(C[NH2+]CCc3c[nH]c4ccccc34)o2)cc1. The van der Waals surface area contributed by atoms with E-state index in [-0.39, 0.29) is 0 Å². The number of H-pyrrole nitrogens is 1. The lowest BCUT2D eigenvalue weighted by atomic mass is 10.1. The molecule has 3 nitrogen and oxygen atoms in total. The zero-order valence-electron chi connectivity index (χ0n) is 13.8. The minimum atomic E-state index is 0.737. The lowest BCUT2D eigenvalue weighted by Gasteiger charge is -2.00. The summed E-state index contributed by atoms with van der Waals surface area (Å²) in [6, 6.07) is 20.2. The van der Waals surface area contributed by atoms with Crippen molar-refractivity contribution in [2.24, 2.45) is 0 Å². The van der Waals surface area contributed by atoms with Crippen LogP contribution in [-0.2, 0) is 13.0 Å². The summed E-state index contributed by atoms with van der Waals surface area (Å²) >= 11 is 5.93. The molecular weight excluding hydrogens is 332 g/mol. The van der Waals surface area contributed by atoms with Crippen LogP contribution < -0.4 is 5.32 Å². The predicted octanol–water partition coefficient (Wildman–Crippen LogP) is 4.39. The fourth-order valence-corrected chi connectivity index (χ4v) is 3.22. The molecule has 0 atom stereocenters. The number of quaternary nitrogens is 1. The monoisotopic (exact) mass is 351 g/mol. The van der Waals surface area contributed by atoms with Gasteiger partial charge in [-0.05, 0) is 48.0 Å². The minimum Gasteiger partial charge on any atom is -0.455 e. The second-order valence-corrected chi connectivity index (χ2v) is 6.60. The van der Waals surface area contributed by atoms with Crippen LogP contribution in [0.3, 0.4) is 0 Å². The fourth-order valence-electron chi connectivity index (χ4n) is 3.10. The molecule has 0 fully saturated rings. The van der Waals surface area contributed by atoms with Gasteiger partial charge in [-0.15, -0.1) is 0 Å². The molecule has 0 aliphatic rings. The van der Waals surface area contributed by atoms with Crippen LogP contribution in [-0.4, -0.2) is 11.5 Å². The van der Waals surface area contributed by atoms with Crippen LogP contribution in [0.25, 0.3) is 22.2 Å². The number of aromatic nitrogens is 1. The molecular formula is C21H20ClN2O+. The normalized spacial score (nSPS) is 11.2. The molecule has 2 heterocycles. The Hall–Kier alpha value is -2.49. The van der Waals surface area contributed by atoms with Gasteiger partial charge in [-0.25, -0.2) is 0 Å². The zero-order valence-corrected chi connectivity index (χ0v) is 14.6. The molecule has 2 aromatic heterocycles. The number of furan rings is 1. The van der Waals surface area contributed by atoms with E-state index in [1.165, 1.54) is 16.5 Å². The number of rotatable bonds is 6. The summed E-state index contributed by atoms with van der Waals surface area (Å²) in [6.07, 6.45) is 3.15. The molecule has 25 heavy (non-hydrogen) atoms. The molecule has 0 saturated carbocycles. The number of para-hydroxylation sites is 1. The number of hydrogen-bond donors (Lipinski definition) is 2. The van der Waals surface area contributed by atoms with E-state index in [0.29, 0.717) is 0 Å². The van der Waals surface area contributed by atoms with Crippen LogP contribution in [0.1, 0.15) is 11.3 Å². The van der Waals surface area contributed by atoms with Crippen molar-refractivity contribution in [3.05, 3.63) is 83.2 Å². The number of nitrogens with two attached hydrogens (primary N) is 1. The van der Waals surface area contributed by atoms with E-state index in [2.05, 4.69) is 40.8 Å². The van der Waals surface area contributed by atoms with Crippen LogP contribution in [0.4, 0.5) is 0 Å². The lowest BCUT2D eigenvalue weighted by Crippen LogP contribution is -2.83. The quantitative estimate of drug-likeness (QED) is 0.497. The van der Waals surface area contributed by atoms with E-state index >= 15 is 0 Å². The average Bonchev–Trinajstić information content (AvgIpc) is 3.27. The van der Waals surface area contributed by atoms with Crippen LogP contribution in [0.2, 0.25) is 5.02 Å². The highest BCUT2D eigenvalue weighted by molar-refractivity contribution is 6.30. The molecule has 0 amide bonds.